The maximum absolute atomic E-state index is 14.1. The van der Waals surface area contributed by atoms with Crippen molar-refractivity contribution < 1.29 is 55.6 Å². The molecular weight excluding hydrogens is 1710 g/mol. The molecule has 4 saturated heterocycles. The van der Waals surface area contributed by atoms with E-state index in [2.05, 4.69) is 92.8 Å². The number of likely N-dealkylation sites (N-methyl/N-ethyl adjacent to an activating group) is 5. The largest absolute Gasteiger partial charge is 0.494 e. The van der Waals surface area contributed by atoms with Gasteiger partial charge >= 0.3 is 12.2 Å². The van der Waals surface area contributed by atoms with E-state index in [0.29, 0.717) is 98.8 Å². The third-order valence-electron chi connectivity index (χ3n) is 21.7. The number of halogens is 5. The van der Waals surface area contributed by atoms with Crippen molar-refractivity contribution in [2.24, 2.45) is 0 Å². The van der Waals surface area contributed by atoms with Crippen molar-refractivity contribution in [3.63, 3.8) is 0 Å². The van der Waals surface area contributed by atoms with Gasteiger partial charge in [-0.05, 0) is 238 Å². The van der Waals surface area contributed by atoms with Gasteiger partial charge in [0, 0.05) is 160 Å². The fourth-order valence-electron chi connectivity index (χ4n) is 14.7. The lowest BCUT2D eigenvalue weighted by Gasteiger charge is -2.28. The average Bonchev–Trinajstić information content (AvgIpc) is 0.886. The summed E-state index contributed by atoms with van der Waals surface area (Å²) in [5.41, 5.74) is 6.69. The zero-order valence-electron chi connectivity index (χ0n) is 73.5. The van der Waals surface area contributed by atoms with Crippen LogP contribution in [-0.4, -0.2) is 222 Å². The van der Waals surface area contributed by atoms with E-state index in [4.69, 9.17) is 28.4 Å². The Labute approximate surface area is 741 Å². The van der Waals surface area contributed by atoms with Crippen LogP contribution in [0.15, 0.2) is 194 Å². The first-order valence-electron chi connectivity index (χ1n) is 40.9. The SMILES string of the molecule is CN[C@@H]1CCN(C(=O)OC(C)(C)C)C1.COc1ccc(-c2cc(=O)n3cc(Br)ccc3n2)cc1F.COc1ccc(-c2cc(=O)n3cc(N(C)[C@@H]4CCN(C(=O)OC(C)(C)C)C4)ccc3n2)cc1F.COc1ccc(-c2cc(=O)n3cc(N(C)[C@@H]4CCN(C)C4)ccc3n2)cc1F.COc1ccc(-c2cc(=O)n3cc(N(C)[C@@H]4CCNC4)ccc3n2)cc1F.CS. The standard InChI is InChI=1S/C25H29FN4O4.C21H23FN4O2.C20H21FN4O2.C15H10BrFN2O2.C10H20N2O2.CH4S/c1-25(2,3)34-24(32)29-11-10-18(14-29)28(4)17-7-9-22-27-20(13-23(31)30(22)15-17)16-6-8-21(33-5)19(26)12-16;1-24-9-8-16(12-24)25(2)15-5-7-20-23-18(11-21(27)26(20)13-15)14-4-6-19(28-3)17(22)10-14;1-24(14-7-8-22-11-14)15-4-6-19-23-17(10-20(26)25(19)12-15)13-3-5-18(27-2)16(21)9-13;1-21-13-4-2-9(6-11(13)17)12-7-15(20)19-8-10(16)3-5-14(19)18-12;1-10(2,3)14-9(13)12-6-5-8(7-12)11-4;1-2/h6-9,12-13,15,18H,10-11,14H2,1-5H3;4-7,10-11,13,16H,8-9,12H2,1-3H3;3-6,9-10,12,14,22H,7-8,11H2,1-2H3;2-8H,1H3;8,11H,5-7H2,1-4H3;2H,1H3/t18-;16-;14-;;8-;/m111.1./s1. The van der Waals surface area contributed by atoms with Crippen LogP contribution in [0.1, 0.15) is 67.2 Å². The van der Waals surface area contributed by atoms with E-state index in [0.717, 1.165) is 86.5 Å². The molecule has 28 nitrogen and oxygen atoms in total. The van der Waals surface area contributed by atoms with Crippen LogP contribution >= 0.6 is 28.6 Å². The smallest absolute Gasteiger partial charge is 0.410 e. The van der Waals surface area contributed by atoms with Crippen molar-refractivity contribution in [2.75, 3.05) is 137 Å². The maximum Gasteiger partial charge on any atom is 0.410 e. The summed E-state index contributed by atoms with van der Waals surface area (Å²) in [6.45, 7) is 17.9. The highest BCUT2D eigenvalue weighted by molar-refractivity contribution is 9.10. The van der Waals surface area contributed by atoms with E-state index in [-0.39, 0.29) is 63.5 Å². The molecule has 8 aromatic heterocycles. The van der Waals surface area contributed by atoms with Crippen LogP contribution in [0, 0.1) is 23.3 Å². The van der Waals surface area contributed by atoms with Gasteiger partial charge < -0.3 is 68.5 Å². The third kappa shape index (κ3) is 23.5. The molecule has 4 aromatic carbocycles. The highest BCUT2D eigenvalue weighted by Crippen LogP contribution is 2.32. The Hall–Kier alpha value is -12.1. The van der Waals surface area contributed by atoms with Crippen molar-refractivity contribution in [1.82, 2.24) is 62.9 Å². The lowest BCUT2D eigenvalue weighted by atomic mass is 10.1. The second-order valence-corrected chi connectivity index (χ2v) is 33.4. The van der Waals surface area contributed by atoms with E-state index in [1.807, 2.05) is 99.2 Å². The first kappa shape index (κ1) is 94.6. The van der Waals surface area contributed by atoms with Crippen molar-refractivity contribution in [1.29, 1.82) is 0 Å². The molecule has 34 heteroatoms. The van der Waals surface area contributed by atoms with Crippen LogP contribution in [0.2, 0.25) is 0 Å². The van der Waals surface area contributed by atoms with Gasteiger partial charge in [0.1, 0.15) is 33.8 Å². The zero-order valence-corrected chi connectivity index (χ0v) is 75.9. The maximum atomic E-state index is 14.1. The average molecular weight is 1820 g/mol. The molecule has 0 saturated carbocycles. The number of thiol groups is 1. The molecule has 16 rings (SSSR count). The Morgan fingerprint density at radius 1 is 0.444 bits per heavy atom. The van der Waals surface area contributed by atoms with Crippen LogP contribution in [0.4, 0.5) is 44.2 Å². The Balaban J connectivity index is 0.000000156. The lowest BCUT2D eigenvalue weighted by molar-refractivity contribution is 0.0281. The molecule has 0 bridgehead atoms. The summed E-state index contributed by atoms with van der Waals surface area (Å²) in [5, 5.41) is 6.51. The number of amides is 2. The molecule has 4 aliphatic heterocycles. The molecule has 0 unspecified atom stereocenters. The molecule has 4 atom stereocenters. The predicted molar refractivity (Wildman–Crippen MR) is 490 cm³/mol. The number of rotatable bonds is 15. The number of carbonyl (C=O) groups is 2. The molecule has 2 N–H and O–H groups in total. The molecule has 0 aliphatic carbocycles. The van der Waals surface area contributed by atoms with Crippen molar-refractivity contribution in [3.8, 4) is 68.0 Å². The van der Waals surface area contributed by atoms with Crippen LogP contribution in [0.3, 0.4) is 0 Å². The number of ether oxygens (including phenoxy) is 6. The minimum absolute atomic E-state index is 0.0928. The fourth-order valence-corrected chi connectivity index (χ4v) is 15.1. The zero-order chi connectivity index (χ0) is 91.2. The summed E-state index contributed by atoms with van der Waals surface area (Å²) in [6.07, 6.45) is 12.2. The van der Waals surface area contributed by atoms with E-state index in [1.54, 1.807) is 77.1 Å². The van der Waals surface area contributed by atoms with Crippen molar-refractivity contribution in [3.05, 3.63) is 240 Å². The summed E-state index contributed by atoms with van der Waals surface area (Å²) in [5.74, 6) is -1.38. The Bertz CT molecular complexity index is 6150. The monoisotopic (exact) mass is 1810 g/mol. The number of nitrogens with zero attached hydrogens (tertiary/aromatic N) is 14. The van der Waals surface area contributed by atoms with E-state index in [9.17, 15) is 46.3 Å². The second-order valence-electron chi connectivity index (χ2n) is 32.5. The fraction of sp³-hybridized carbons (Fsp3) is 0.370. The first-order chi connectivity index (χ1) is 60.1. The highest BCUT2D eigenvalue weighted by atomic mass is 79.9. The summed E-state index contributed by atoms with van der Waals surface area (Å²) in [4.78, 5) is 105. The molecule has 668 valence electrons. The van der Waals surface area contributed by atoms with Gasteiger partial charge in [-0.3, -0.25) is 36.8 Å². The minimum Gasteiger partial charge on any atom is -0.494 e. The van der Waals surface area contributed by atoms with Gasteiger partial charge in [0.2, 0.25) is 0 Å². The predicted octanol–water partition coefficient (Wildman–Crippen LogP) is 13.9. The number of hydrogen-bond acceptors (Lipinski definition) is 23. The number of benzene rings is 4. The molecule has 2 amide bonds. The van der Waals surface area contributed by atoms with E-state index < -0.39 is 34.5 Å². The number of hydrogen-bond donors (Lipinski definition) is 3. The van der Waals surface area contributed by atoms with Crippen LogP contribution in [-0.2, 0) is 9.47 Å². The van der Waals surface area contributed by atoms with Crippen molar-refractivity contribution >= 4 is 80.4 Å². The Morgan fingerprint density at radius 3 is 1.08 bits per heavy atom. The number of fused-ring (bicyclic) bond motifs is 4. The second kappa shape index (κ2) is 41.8. The number of carbonyl (C=O) groups excluding carboxylic acids is 2. The molecule has 12 heterocycles. The molecule has 126 heavy (non-hydrogen) atoms. The third-order valence-corrected chi connectivity index (χ3v) is 22.1. The molecule has 4 aliphatic rings. The summed E-state index contributed by atoms with van der Waals surface area (Å²) in [6, 6.07) is 39.7. The molecular formula is C92H107BrF4N16O12S. The summed E-state index contributed by atoms with van der Waals surface area (Å²) in [7, 11) is 15.7. The van der Waals surface area contributed by atoms with Crippen LogP contribution < -0.4 is 66.5 Å². The van der Waals surface area contributed by atoms with Gasteiger partial charge in [-0.1, -0.05) is 0 Å². The summed E-state index contributed by atoms with van der Waals surface area (Å²) >= 11 is 6.83. The van der Waals surface area contributed by atoms with Gasteiger partial charge in [0.25, 0.3) is 22.2 Å². The molecule has 0 spiro atoms. The minimum atomic E-state index is -0.538. The number of aromatic nitrogens is 8. The topological polar surface area (TPSA) is 270 Å². The van der Waals surface area contributed by atoms with Gasteiger partial charge in [0.15, 0.2) is 46.3 Å². The van der Waals surface area contributed by atoms with E-state index >= 15 is 0 Å². The Kier molecular flexibility index (Phi) is 31.4. The van der Waals surface area contributed by atoms with Crippen molar-refractivity contribution in [2.45, 2.75) is 103 Å². The molecule has 12 aromatic rings. The van der Waals surface area contributed by atoms with Crippen LogP contribution in [0.25, 0.3) is 67.6 Å². The van der Waals surface area contributed by atoms with E-state index in [1.165, 1.54) is 119 Å². The van der Waals surface area contributed by atoms with Gasteiger partial charge in [-0.25, -0.2) is 47.1 Å². The number of likely N-dealkylation sites (tertiary alicyclic amines) is 3. The van der Waals surface area contributed by atoms with Gasteiger partial charge in [-0.2, -0.15) is 12.6 Å². The lowest BCUT2D eigenvalue weighted by Crippen LogP contribution is -2.39. The summed E-state index contributed by atoms with van der Waals surface area (Å²) < 4.78 is 93.1. The van der Waals surface area contributed by atoms with Gasteiger partial charge in [0.05, 0.1) is 68.3 Å². The number of nitrogens with one attached hydrogen (secondary N) is 2. The number of anilines is 3. The Morgan fingerprint density at radius 2 is 0.770 bits per heavy atom. The molecule has 4 fully saturated rings. The van der Waals surface area contributed by atoms with Crippen LogP contribution in [0.5, 0.6) is 23.0 Å². The highest BCUT2D eigenvalue weighted by Gasteiger charge is 2.34. The first-order valence-corrected chi connectivity index (χ1v) is 42.6. The number of pyridine rings is 4. The number of methoxy groups -OCH3 is 4. The van der Waals surface area contributed by atoms with Gasteiger partial charge in [-0.15, -0.1) is 0 Å². The molecule has 0 radical (unpaired) electrons. The quantitative estimate of drug-likeness (QED) is 0.0635. The normalized spacial score (nSPS) is 16.1.